The van der Waals surface area contributed by atoms with Gasteiger partial charge >= 0.3 is 0 Å². The predicted octanol–water partition coefficient (Wildman–Crippen LogP) is 2.73. The first kappa shape index (κ1) is 15.1. The zero-order chi connectivity index (χ0) is 15.8. The molecule has 4 heterocycles. The van der Waals surface area contributed by atoms with Crippen LogP contribution in [0.15, 0.2) is 18.3 Å². The first-order valence-corrected chi connectivity index (χ1v) is 9.05. The molecule has 0 saturated carbocycles. The second-order valence-electron chi connectivity index (χ2n) is 7.20. The van der Waals surface area contributed by atoms with Gasteiger partial charge < -0.3 is 5.32 Å². The highest BCUT2D eigenvalue weighted by Gasteiger charge is 2.32. The number of fused-ring (bicyclic) bond motifs is 1. The summed E-state index contributed by atoms with van der Waals surface area (Å²) >= 11 is 0. The van der Waals surface area contributed by atoms with Crippen molar-refractivity contribution in [1.82, 2.24) is 24.8 Å². The van der Waals surface area contributed by atoms with Crippen molar-refractivity contribution in [1.29, 1.82) is 0 Å². The minimum absolute atomic E-state index is 0.409. The van der Waals surface area contributed by atoms with Gasteiger partial charge in [-0.25, -0.2) is 9.97 Å². The zero-order valence-corrected chi connectivity index (χ0v) is 14.2. The molecule has 2 unspecified atom stereocenters. The summed E-state index contributed by atoms with van der Waals surface area (Å²) in [5.41, 5.74) is 2.09. The fourth-order valence-electron chi connectivity index (χ4n) is 4.24. The Balaban J connectivity index is 1.75. The highest BCUT2D eigenvalue weighted by molar-refractivity contribution is 5.71. The lowest BCUT2D eigenvalue weighted by molar-refractivity contribution is 0.151. The number of nitrogens with zero attached hydrogens (tertiary/aromatic N) is 4. The molecule has 0 radical (unpaired) electrons. The van der Waals surface area contributed by atoms with Gasteiger partial charge in [0.15, 0.2) is 5.65 Å². The van der Waals surface area contributed by atoms with Crippen LogP contribution in [0, 0.1) is 0 Å². The molecule has 0 bridgehead atoms. The lowest BCUT2D eigenvalue weighted by atomic mass is 10.1. The van der Waals surface area contributed by atoms with Gasteiger partial charge in [0.1, 0.15) is 11.3 Å². The topological polar surface area (TPSA) is 46.0 Å². The number of likely N-dealkylation sites (tertiary alicyclic amines) is 1. The van der Waals surface area contributed by atoms with Crippen LogP contribution in [0.3, 0.4) is 0 Å². The van der Waals surface area contributed by atoms with Crippen molar-refractivity contribution in [2.45, 2.75) is 64.2 Å². The second-order valence-corrected chi connectivity index (χ2v) is 7.20. The van der Waals surface area contributed by atoms with Crippen LogP contribution >= 0.6 is 0 Å². The average molecular weight is 313 g/mol. The van der Waals surface area contributed by atoms with E-state index in [4.69, 9.17) is 4.98 Å². The molecular formula is C18H27N5. The lowest BCUT2D eigenvalue weighted by Crippen LogP contribution is -2.35. The first-order valence-electron chi connectivity index (χ1n) is 9.05. The van der Waals surface area contributed by atoms with Crippen LogP contribution in [-0.2, 0) is 6.42 Å². The van der Waals surface area contributed by atoms with Gasteiger partial charge in [0.25, 0.3) is 0 Å². The highest BCUT2D eigenvalue weighted by atomic mass is 15.4. The molecular weight excluding hydrogens is 286 g/mol. The molecule has 5 nitrogen and oxygen atoms in total. The van der Waals surface area contributed by atoms with E-state index in [2.05, 4.69) is 39.7 Å². The Morgan fingerprint density at radius 1 is 1.30 bits per heavy atom. The second kappa shape index (κ2) is 6.21. The van der Waals surface area contributed by atoms with Gasteiger partial charge in [0, 0.05) is 31.2 Å². The van der Waals surface area contributed by atoms with Crippen LogP contribution in [-0.4, -0.2) is 44.6 Å². The number of pyridine rings is 1. The van der Waals surface area contributed by atoms with Crippen LogP contribution in [0.1, 0.15) is 51.5 Å². The van der Waals surface area contributed by atoms with E-state index in [1.807, 2.05) is 12.3 Å². The third-order valence-electron chi connectivity index (χ3n) is 5.34. The molecule has 2 atom stereocenters. The molecule has 124 valence electrons. The molecule has 2 aromatic heterocycles. The van der Waals surface area contributed by atoms with Gasteiger partial charge in [-0.15, -0.1) is 0 Å². The summed E-state index contributed by atoms with van der Waals surface area (Å²) in [5.74, 6) is 1.20. The Morgan fingerprint density at radius 2 is 2.22 bits per heavy atom. The molecule has 0 spiro atoms. The third kappa shape index (κ3) is 2.76. The maximum atomic E-state index is 4.95. The van der Waals surface area contributed by atoms with Gasteiger partial charge in [-0.2, -0.15) is 0 Å². The van der Waals surface area contributed by atoms with E-state index in [0.717, 1.165) is 24.1 Å². The van der Waals surface area contributed by atoms with E-state index in [1.54, 1.807) is 0 Å². The van der Waals surface area contributed by atoms with Crippen LogP contribution < -0.4 is 5.32 Å². The molecule has 2 aromatic rings. The number of rotatable bonds is 4. The molecule has 2 fully saturated rings. The van der Waals surface area contributed by atoms with Gasteiger partial charge in [0.2, 0.25) is 0 Å². The summed E-state index contributed by atoms with van der Waals surface area (Å²) in [5, 5.41) is 3.61. The monoisotopic (exact) mass is 313 g/mol. The van der Waals surface area contributed by atoms with Gasteiger partial charge in [-0.3, -0.25) is 9.47 Å². The Bertz CT molecular complexity index is 671. The van der Waals surface area contributed by atoms with E-state index in [1.165, 1.54) is 38.1 Å². The summed E-state index contributed by atoms with van der Waals surface area (Å²) in [7, 11) is 0. The Hall–Kier alpha value is -1.46. The maximum Gasteiger partial charge on any atom is 0.161 e. The third-order valence-corrected chi connectivity index (χ3v) is 5.34. The van der Waals surface area contributed by atoms with Gasteiger partial charge in [0.05, 0.1) is 6.17 Å². The van der Waals surface area contributed by atoms with Crippen LogP contribution in [0.4, 0.5) is 0 Å². The van der Waals surface area contributed by atoms with Crippen molar-refractivity contribution in [3.8, 4) is 0 Å². The Morgan fingerprint density at radius 3 is 3.00 bits per heavy atom. The maximum absolute atomic E-state index is 4.95. The standard InChI is InChI=1S/C18H27N5/c1-13(2)22-11-5-8-17(22)23-16(12-14-6-3-9-19-14)21-15-7-4-10-20-18(15)23/h4,7,10,13-14,17,19H,3,5-6,8-9,11-12H2,1-2H3. The van der Waals surface area contributed by atoms with Crippen molar-refractivity contribution < 1.29 is 0 Å². The fraction of sp³-hybridized carbons (Fsp3) is 0.667. The van der Waals surface area contributed by atoms with Crippen molar-refractivity contribution in [3.63, 3.8) is 0 Å². The molecule has 2 saturated heterocycles. The van der Waals surface area contributed by atoms with Crippen molar-refractivity contribution in [3.05, 3.63) is 24.2 Å². The lowest BCUT2D eigenvalue weighted by Gasteiger charge is -2.30. The molecule has 2 aliphatic heterocycles. The molecule has 4 rings (SSSR count). The number of nitrogens with one attached hydrogen (secondary N) is 1. The SMILES string of the molecule is CC(C)N1CCCC1n1c(CC2CCCN2)nc2cccnc21. The molecule has 0 amide bonds. The minimum atomic E-state index is 0.409. The Labute approximate surface area is 138 Å². The van der Waals surface area contributed by atoms with Crippen LogP contribution in [0.5, 0.6) is 0 Å². The van der Waals surface area contributed by atoms with E-state index < -0.39 is 0 Å². The van der Waals surface area contributed by atoms with Crippen molar-refractivity contribution >= 4 is 11.2 Å². The van der Waals surface area contributed by atoms with Gasteiger partial charge in [-0.05, 0) is 58.2 Å². The normalized spacial score (nSPS) is 25.9. The van der Waals surface area contributed by atoms with Crippen molar-refractivity contribution in [2.75, 3.05) is 13.1 Å². The quantitative estimate of drug-likeness (QED) is 0.943. The van der Waals surface area contributed by atoms with E-state index in [0.29, 0.717) is 18.2 Å². The summed E-state index contributed by atoms with van der Waals surface area (Å²) in [4.78, 5) is 12.2. The predicted molar refractivity (Wildman–Crippen MR) is 92.4 cm³/mol. The van der Waals surface area contributed by atoms with Crippen LogP contribution in [0.2, 0.25) is 0 Å². The molecule has 23 heavy (non-hydrogen) atoms. The average Bonchev–Trinajstić information content (AvgIpc) is 3.25. The summed E-state index contributed by atoms with van der Waals surface area (Å²) in [6, 6.07) is 5.21. The van der Waals surface area contributed by atoms with Crippen LogP contribution in [0.25, 0.3) is 11.2 Å². The fourth-order valence-corrected chi connectivity index (χ4v) is 4.24. The number of hydrogen-bond donors (Lipinski definition) is 1. The van der Waals surface area contributed by atoms with E-state index in [9.17, 15) is 0 Å². The first-order chi connectivity index (χ1) is 11.2. The molecule has 2 aliphatic rings. The molecule has 0 aromatic carbocycles. The number of hydrogen-bond acceptors (Lipinski definition) is 4. The molecule has 5 heteroatoms. The Kier molecular flexibility index (Phi) is 4.07. The number of imidazole rings is 1. The summed E-state index contributed by atoms with van der Waals surface area (Å²) in [6.45, 7) is 6.91. The minimum Gasteiger partial charge on any atom is -0.314 e. The summed E-state index contributed by atoms with van der Waals surface area (Å²) < 4.78 is 2.43. The highest BCUT2D eigenvalue weighted by Crippen LogP contribution is 2.33. The molecule has 1 N–H and O–H groups in total. The molecule has 0 aliphatic carbocycles. The summed E-state index contributed by atoms with van der Waals surface area (Å²) in [6.07, 6.45) is 8.32. The van der Waals surface area contributed by atoms with E-state index in [-0.39, 0.29) is 0 Å². The van der Waals surface area contributed by atoms with E-state index >= 15 is 0 Å². The van der Waals surface area contributed by atoms with Gasteiger partial charge in [-0.1, -0.05) is 0 Å². The smallest absolute Gasteiger partial charge is 0.161 e. The largest absolute Gasteiger partial charge is 0.314 e. The number of aromatic nitrogens is 3. The zero-order valence-electron chi connectivity index (χ0n) is 14.2. The van der Waals surface area contributed by atoms with Crippen molar-refractivity contribution in [2.24, 2.45) is 0 Å².